The van der Waals surface area contributed by atoms with Gasteiger partial charge in [0, 0.05) is 11.9 Å². The number of hydrogen-bond donors (Lipinski definition) is 2. The van der Waals surface area contributed by atoms with Gasteiger partial charge in [-0.15, -0.1) is 0 Å². The van der Waals surface area contributed by atoms with Crippen LogP contribution in [0.3, 0.4) is 0 Å². The van der Waals surface area contributed by atoms with Crippen LogP contribution in [0.25, 0.3) is 0 Å². The highest BCUT2D eigenvalue weighted by Gasteiger charge is 2.15. The second-order valence-corrected chi connectivity index (χ2v) is 6.16. The van der Waals surface area contributed by atoms with Crippen LogP contribution >= 0.6 is 0 Å². The van der Waals surface area contributed by atoms with Gasteiger partial charge in [-0.25, -0.2) is 10.2 Å². The maximum absolute atomic E-state index is 11.8. The van der Waals surface area contributed by atoms with Crippen LogP contribution in [0.1, 0.15) is 36.8 Å². The average Bonchev–Trinajstić information content (AvgIpc) is 2.55. The van der Waals surface area contributed by atoms with Crippen molar-refractivity contribution in [3.8, 4) is 0 Å². The number of nitrogens with one attached hydrogen (secondary N) is 2. The van der Waals surface area contributed by atoms with Crippen LogP contribution in [0.15, 0.2) is 53.8 Å². The van der Waals surface area contributed by atoms with Crippen LogP contribution in [-0.2, 0) is 4.74 Å². The molecule has 130 valence electrons. The van der Waals surface area contributed by atoms with E-state index in [1.54, 1.807) is 63.2 Å². The highest BCUT2D eigenvalue weighted by Crippen LogP contribution is 2.12. The number of carbonyl (C=O) groups excluding carboxylic acids is 2. The fourth-order valence-electron chi connectivity index (χ4n) is 1.79. The fourth-order valence-corrected chi connectivity index (χ4v) is 1.79. The first-order valence-electron chi connectivity index (χ1n) is 7.68. The number of carbonyl (C=O) groups is 2. The van der Waals surface area contributed by atoms with E-state index in [0.29, 0.717) is 5.69 Å². The molecular weight excluding hydrogens is 320 g/mol. The molecule has 0 radical (unpaired) electrons. The van der Waals surface area contributed by atoms with Crippen molar-refractivity contribution in [1.82, 2.24) is 10.4 Å². The monoisotopic (exact) mass is 340 g/mol. The van der Waals surface area contributed by atoms with Gasteiger partial charge in [0.15, 0.2) is 0 Å². The van der Waals surface area contributed by atoms with Gasteiger partial charge < -0.3 is 4.74 Å². The number of amides is 2. The Morgan fingerprint density at radius 1 is 1.12 bits per heavy atom. The van der Waals surface area contributed by atoms with E-state index in [1.807, 2.05) is 0 Å². The van der Waals surface area contributed by atoms with Gasteiger partial charge in [0.2, 0.25) is 0 Å². The van der Waals surface area contributed by atoms with E-state index in [9.17, 15) is 9.59 Å². The molecule has 2 amide bonds. The molecule has 0 unspecified atom stereocenters. The molecular formula is C18H20N4O3. The van der Waals surface area contributed by atoms with E-state index >= 15 is 0 Å². The summed E-state index contributed by atoms with van der Waals surface area (Å²) in [6.45, 7) is 5.39. The molecule has 1 heterocycles. The summed E-state index contributed by atoms with van der Waals surface area (Å²) in [4.78, 5) is 27.4. The van der Waals surface area contributed by atoms with Crippen LogP contribution < -0.4 is 10.7 Å². The Balaban J connectivity index is 1.87. The molecule has 7 nitrogen and oxygen atoms in total. The molecule has 0 saturated heterocycles. The van der Waals surface area contributed by atoms with Gasteiger partial charge >= 0.3 is 6.09 Å². The highest BCUT2D eigenvalue weighted by molar-refractivity contribution is 5.93. The van der Waals surface area contributed by atoms with Gasteiger partial charge in [-0.2, -0.15) is 5.10 Å². The van der Waals surface area contributed by atoms with Crippen molar-refractivity contribution in [2.24, 2.45) is 5.10 Å². The molecule has 0 atom stereocenters. The lowest BCUT2D eigenvalue weighted by atomic mass is 10.2. The summed E-state index contributed by atoms with van der Waals surface area (Å²) in [5.41, 5.74) is 3.49. The number of pyridine rings is 1. The molecule has 1 aromatic carbocycles. The van der Waals surface area contributed by atoms with Crippen LogP contribution in [0.4, 0.5) is 10.5 Å². The maximum atomic E-state index is 11.8. The van der Waals surface area contributed by atoms with E-state index in [4.69, 9.17) is 4.74 Å². The highest BCUT2D eigenvalue weighted by atomic mass is 16.6. The van der Waals surface area contributed by atoms with E-state index in [-0.39, 0.29) is 11.6 Å². The molecule has 25 heavy (non-hydrogen) atoms. The molecule has 2 N–H and O–H groups in total. The number of hydrazone groups is 1. The van der Waals surface area contributed by atoms with Crippen molar-refractivity contribution >= 4 is 23.9 Å². The lowest BCUT2D eigenvalue weighted by Crippen LogP contribution is -2.27. The normalized spacial score (nSPS) is 11.2. The number of nitrogens with zero attached hydrogens (tertiary/aromatic N) is 2. The number of rotatable bonds is 4. The zero-order chi connectivity index (χ0) is 18.3. The van der Waals surface area contributed by atoms with Crippen molar-refractivity contribution in [2.75, 3.05) is 5.32 Å². The van der Waals surface area contributed by atoms with Crippen LogP contribution in [0.5, 0.6) is 0 Å². The molecule has 0 fully saturated rings. The molecule has 0 aliphatic carbocycles. The molecule has 0 saturated carbocycles. The van der Waals surface area contributed by atoms with Crippen LogP contribution in [-0.4, -0.2) is 28.8 Å². The third kappa shape index (κ3) is 6.42. The Labute approximate surface area is 146 Å². The Kier molecular flexibility index (Phi) is 5.84. The second kappa shape index (κ2) is 8.05. The van der Waals surface area contributed by atoms with E-state index in [0.717, 1.165) is 5.56 Å². The molecule has 0 aliphatic heterocycles. The van der Waals surface area contributed by atoms with Gasteiger partial charge in [0.1, 0.15) is 11.3 Å². The van der Waals surface area contributed by atoms with Crippen molar-refractivity contribution < 1.29 is 14.3 Å². The van der Waals surface area contributed by atoms with E-state index in [1.165, 1.54) is 12.4 Å². The molecule has 2 rings (SSSR count). The number of benzene rings is 1. The van der Waals surface area contributed by atoms with Gasteiger partial charge in [0.25, 0.3) is 5.91 Å². The summed E-state index contributed by atoms with van der Waals surface area (Å²) in [6.07, 6.45) is 2.52. The molecule has 1 aromatic heterocycles. The Morgan fingerprint density at radius 2 is 1.84 bits per heavy atom. The lowest BCUT2D eigenvalue weighted by Gasteiger charge is -2.19. The van der Waals surface area contributed by atoms with Crippen molar-refractivity contribution in [3.63, 3.8) is 0 Å². The summed E-state index contributed by atoms with van der Waals surface area (Å²) in [6, 6.07) is 12.0. The summed E-state index contributed by atoms with van der Waals surface area (Å²) in [5, 5.41) is 6.52. The SMILES string of the molecule is CC(C)(C)OC(=O)Nc1ccc(/C=N/NC(=O)c2ccccn2)cc1. The van der Waals surface area contributed by atoms with E-state index in [2.05, 4.69) is 20.8 Å². The molecule has 2 aromatic rings. The van der Waals surface area contributed by atoms with Gasteiger partial charge in [-0.1, -0.05) is 18.2 Å². The van der Waals surface area contributed by atoms with Crippen molar-refractivity contribution in [1.29, 1.82) is 0 Å². The third-order valence-electron chi connectivity index (χ3n) is 2.83. The first-order chi connectivity index (χ1) is 11.8. The Morgan fingerprint density at radius 3 is 2.44 bits per heavy atom. The molecule has 0 spiro atoms. The first-order valence-corrected chi connectivity index (χ1v) is 7.68. The minimum absolute atomic E-state index is 0.288. The molecule has 0 aliphatic rings. The fraction of sp³-hybridized carbons (Fsp3) is 0.222. The number of hydrogen-bond acceptors (Lipinski definition) is 5. The van der Waals surface area contributed by atoms with Crippen LogP contribution in [0.2, 0.25) is 0 Å². The second-order valence-electron chi connectivity index (χ2n) is 6.16. The van der Waals surface area contributed by atoms with Gasteiger partial charge in [-0.3, -0.25) is 15.1 Å². The maximum Gasteiger partial charge on any atom is 0.412 e. The smallest absolute Gasteiger partial charge is 0.412 e. The summed E-state index contributed by atoms with van der Waals surface area (Å²) in [5.74, 6) is -0.389. The Hall–Kier alpha value is -3.22. The topological polar surface area (TPSA) is 92.7 Å². The van der Waals surface area contributed by atoms with Gasteiger partial charge in [-0.05, 0) is 50.6 Å². The number of ether oxygens (including phenoxy) is 1. The van der Waals surface area contributed by atoms with E-state index < -0.39 is 11.7 Å². The largest absolute Gasteiger partial charge is 0.444 e. The summed E-state index contributed by atoms with van der Waals surface area (Å²) >= 11 is 0. The standard InChI is InChI=1S/C18H20N4O3/c1-18(2,3)25-17(24)21-14-9-7-13(8-10-14)12-20-22-16(23)15-6-4-5-11-19-15/h4-12H,1-3H3,(H,21,24)(H,22,23)/b20-12+. The van der Waals surface area contributed by atoms with Crippen molar-refractivity contribution in [2.45, 2.75) is 26.4 Å². The minimum atomic E-state index is -0.553. The zero-order valence-electron chi connectivity index (χ0n) is 14.3. The molecule has 0 bridgehead atoms. The Bertz CT molecular complexity index is 750. The van der Waals surface area contributed by atoms with Crippen molar-refractivity contribution in [3.05, 3.63) is 59.9 Å². The zero-order valence-corrected chi connectivity index (χ0v) is 14.3. The summed E-state index contributed by atoms with van der Waals surface area (Å²) < 4.78 is 5.18. The number of aromatic nitrogens is 1. The quantitative estimate of drug-likeness (QED) is 0.660. The predicted octanol–water partition coefficient (Wildman–Crippen LogP) is 3.19. The first kappa shape index (κ1) is 18.1. The van der Waals surface area contributed by atoms with Crippen LogP contribution in [0, 0.1) is 0 Å². The average molecular weight is 340 g/mol. The summed E-state index contributed by atoms with van der Waals surface area (Å²) in [7, 11) is 0. The number of anilines is 1. The third-order valence-corrected chi connectivity index (χ3v) is 2.83. The predicted molar refractivity (Wildman–Crippen MR) is 95.6 cm³/mol. The lowest BCUT2D eigenvalue weighted by molar-refractivity contribution is 0.0635. The molecule has 7 heteroatoms. The minimum Gasteiger partial charge on any atom is -0.444 e. The van der Waals surface area contributed by atoms with Gasteiger partial charge in [0.05, 0.1) is 6.21 Å².